The van der Waals surface area contributed by atoms with Crippen molar-refractivity contribution in [2.75, 3.05) is 25.0 Å². The van der Waals surface area contributed by atoms with Gasteiger partial charge in [0.2, 0.25) is 0 Å². The van der Waals surface area contributed by atoms with Crippen molar-refractivity contribution in [3.63, 3.8) is 0 Å². The highest BCUT2D eigenvalue weighted by Gasteiger charge is 2.31. The predicted octanol–water partition coefficient (Wildman–Crippen LogP) is 4.51. The minimum atomic E-state index is -0.312. The van der Waals surface area contributed by atoms with Gasteiger partial charge < -0.3 is 15.0 Å². The second-order valence-corrected chi connectivity index (χ2v) is 11.1. The van der Waals surface area contributed by atoms with Gasteiger partial charge in [0, 0.05) is 44.1 Å². The van der Waals surface area contributed by atoms with E-state index in [2.05, 4.69) is 31.3 Å². The van der Waals surface area contributed by atoms with E-state index in [1.165, 1.54) is 6.20 Å². The van der Waals surface area contributed by atoms with Gasteiger partial charge in [-0.15, -0.1) is 0 Å². The molecule has 11 heteroatoms. The Morgan fingerprint density at radius 2 is 1.87 bits per heavy atom. The topological polar surface area (TPSA) is 107 Å². The molecule has 0 spiro atoms. The summed E-state index contributed by atoms with van der Waals surface area (Å²) in [6, 6.07) is 9.96. The molecule has 1 atom stereocenters. The Balaban J connectivity index is 1.23. The number of aromatic nitrogens is 5. The zero-order valence-electron chi connectivity index (χ0n) is 21.7. The van der Waals surface area contributed by atoms with Gasteiger partial charge in [0.25, 0.3) is 11.8 Å². The minimum Gasteiger partial charge on any atom is -0.368 e. The Morgan fingerprint density at radius 1 is 1.08 bits per heavy atom. The van der Waals surface area contributed by atoms with Gasteiger partial charge in [0.1, 0.15) is 17.5 Å². The lowest BCUT2D eigenvalue weighted by molar-refractivity contribution is -0.147. The van der Waals surface area contributed by atoms with E-state index in [-0.39, 0.29) is 23.8 Å². The van der Waals surface area contributed by atoms with Crippen LogP contribution >= 0.6 is 15.9 Å². The summed E-state index contributed by atoms with van der Waals surface area (Å²) < 4.78 is 9.83. The number of aryl methyl sites for hydroxylation is 1. The zero-order valence-corrected chi connectivity index (χ0v) is 23.3. The number of benzene rings is 1. The molecule has 202 valence electrons. The van der Waals surface area contributed by atoms with E-state index >= 15 is 0 Å². The van der Waals surface area contributed by atoms with E-state index < -0.39 is 0 Å². The van der Waals surface area contributed by atoms with Gasteiger partial charge >= 0.3 is 0 Å². The van der Waals surface area contributed by atoms with Crippen LogP contribution in [-0.4, -0.2) is 66.9 Å². The summed E-state index contributed by atoms with van der Waals surface area (Å²) in [6.07, 6.45) is 9.11. The number of halogens is 1. The largest absolute Gasteiger partial charge is 0.368 e. The Hall–Kier alpha value is -3.57. The summed E-state index contributed by atoms with van der Waals surface area (Å²) >= 11 is 3.38. The second-order valence-electron chi connectivity index (χ2n) is 10.2. The van der Waals surface area contributed by atoms with Gasteiger partial charge in [0.15, 0.2) is 5.65 Å². The lowest BCUT2D eigenvalue weighted by atomic mass is 9.93. The molecule has 0 radical (unpaired) electrons. The van der Waals surface area contributed by atoms with Crippen molar-refractivity contribution in [1.29, 1.82) is 0 Å². The molecule has 2 aliphatic heterocycles. The highest BCUT2D eigenvalue weighted by atomic mass is 79.9. The Labute approximate surface area is 234 Å². The number of hydrogen-bond donors (Lipinski definition) is 1. The molecule has 10 nitrogen and oxygen atoms in total. The first-order chi connectivity index (χ1) is 19.0. The number of nitrogens with zero attached hydrogens (tertiary/aromatic N) is 6. The van der Waals surface area contributed by atoms with Crippen molar-refractivity contribution < 1.29 is 14.3 Å². The molecular weight excluding hydrogens is 562 g/mol. The first-order valence-electron chi connectivity index (χ1n) is 13.3. The van der Waals surface area contributed by atoms with Crippen LogP contribution in [0.25, 0.3) is 11.3 Å². The quantitative estimate of drug-likeness (QED) is 0.366. The van der Waals surface area contributed by atoms with E-state index in [4.69, 9.17) is 9.84 Å². The lowest BCUT2D eigenvalue weighted by Crippen LogP contribution is -2.45. The molecule has 2 amide bonds. The van der Waals surface area contributed by atoms with Crippen molar-refractivity contribution in [1.82, 2.24) is 29.3 Å². The normalized spacial score (nSPS) is 18.4. The van der Waals surface area contributed by atoms with Gasteiger partial charge in [-0.05, 0) is 67.1 Å². The van der Waals surface area contributed by atoms with Gasteiger partial charge in [-0.3, -0.25) is 9.59 Å². The minimum absolute atomic E-state index is 0.111. The van der Waals surface area contributed by atoms with Crippen LogP contribution in [0.1, 0.15) is 59.6 Å². The fourth-order valence-corrected chi connectivity index (χ4v) is 5.60. The van der Waals surface area contributed by atoms with Gasteiger partial charge in [-0.1, -0.05) is 17.7 Å². The van der Waals surface area contributed by atoms with Crippen LogP contribution in [0.2, 0.25) is 0 Å². The summed E-state index contributed by atoms with van der Waals surface area (Å²) in [6.45, 7) is 4.05. The maximum atomic E-state index is 13.4. The maximum absolute atomic E-state index is 13.4. The van der Waals surface area contributed by atoms with Crippen molar-refractivity contribution in [3.05, 3.63) is 70.2 Å². The van der Waals surface area contributed by atoms with Gasteiger partial charge in [-0.2, -0.15) is 10.2 Å². The molecule has 1 aromatic carbocycles. The highest BCUT2D eigenvalue weighted by molar-refractivity contribution is 9.10. The summed E-state index contributed by atoms with van der Waals surface area (Å²) in [7, 11) is 0. The number of nitrogens with one attached hydrogen (secondary N) is 1. The average molecular weight is 592 g/mol. The van der Waals surface area contributed by atoms with Crippen LogP contribution in [0.4, 0.5) is 5.82 Å². The summed E-state index contributed by atoms with van der Waals surface area (Å²) in [5, 5.41) is 12.2. The Bertz CT molecular complexity index is 1500. The molecule has 2 fully saturated rings. The molecule has 2 aliphatic rings. The number of fused-ring (bicyclic) bond motifs is 1. The number of ether oxygens (including phenoxy) is 1. The first-order valence-corrected chi connectivity index (χ1v) is 14.1. The van der Waals surface area contributed by atoms with E-state index in [9.17, 15) is 9.59 Å². The van der Waals surface area contributed by atoms with Crippen LogP contribution in [0.3, 0.4) is 0 Å². The van der Waals surface area contributed by atoms with Crippen molar-refractivity contribution in [2.45, 2.75) is 51.0 Å². The number of anilines is 1. The van der Waals surface area contributed by atoms with E-state index in [1.54, 1.807) is 21.6 Å². The SMILES string of the molecule is Cc1ccc(-n2nc(C3CCN(C(=O)C4CCCCO4)CC3)cc2NC(=O)c2cnn3cc(Br)cnc23)cc1. The van der Waals surface area contributed by atoms with Crippen LogP contribution in [0.15, 0.2) is 53.4 Å². The molecule has 2 saturated heterocycles. The zero-order chi connectivity index (χ0) is 26.9. The van der Waals surface area contributed by atoms with Crippen molar-refractivity contribution >= 4 is 39.2 Å². The maximum Gasteiger partial charge on any atom is 0.262 e. The highest BCUT2D eigenvalue weighted by Crippen LogP contribution is 2.31. The van der Waals surface area contributed by atoms with Crippen LogP contribution in [0.5, 0.6) is 0 Å². The fraction of sp³-hybridized carbons (Fsp3) is 0.393. The molecule has 6 rings (SSSR count). The molecule has 4 aromatic rings. The van der Waals surface area contributed by atoms with E-state index in [0.717, 1.165) is 53.5 Å². The number of carbonyl (C=O) groups is 2. The first kappa shape index (κ1) is 25.7. The van der Waals surface area contributed by atoms with Crippen LogP contribution in [0, 0.1) is 6.92 Å². The summed E-state index contributed by atoms with van der Waals surface area (Å²) in [5.41, 5.74) is 3.73. The average Bonchev–Trinajstić information content (AvgIpc) is 3.58. The third-order valence-corrected chi connectivity index (χ3v) is 7.91. The molecule has 39 heavy (non-hydrogen) atoms. The fourth-order valence-electron chi connectivity index (χ4n) is 5.30. The van der Waals surface area contributed by atoms with Crippen molar-refractivity contribution in [2.24, 2.45) is 0 Å². The number of carbonyl (C=O) groups excluding carboxylic acids is 2. The molecule has 5 heterocycles. The molecule has 0 saturated carbocycles. The molecule has 1 unspecified atom stereocenters. The summed E-state index contributed by atoms with van der Waals surface area (Å²) in [5.74, 6) is 0.553. The predicted molar refractivity (Wildman–Crippen MR) is 149 cm³/mol. The number of likely N-dealkylation sites (tertiary alicyclic amines) is 1. The van der Waals surface area contributed by atoms with Gasteiger partial charge in [0.05, 0.1) is 22.1 Å². The Morgan fingerprint density at radius 3 is 2.62 bits per heavy atom. The van der Waals surface area contributed by atoms with Crippen LogP contribution < -0.4 is 5.32 Å². The molecule has 0 aliphatic carbocycles. The van der Waals surface area contributed by atoms with Crippen LogP contribution in [-0.2, 0) is 9.53 Å². The number of hydrogen-bond acceptors (Lipinski definition) is 6. The Kier molecular flexibility index (Phi) is 7.18. The molecule has 0 bridgehead atoms. The third-order valence-electron chi connectivity index (χ3n) is 7.50. The molecule has 3 aromatic heterocycles. The van der Waals surface area contributed by atoms with E-state index in [1.807, 2.05) is 42.2 Å². The molecular formula is C28H30BrN7O3. The number of rotatable bonds is 5. The monoisotopic (exact) mass is 591 g/mol. The third kappa shape index (κ3) is 5.33. The summed E-state index contributed by atoms with van der Waals surface area (Å²) in [4.78, 5) is 32.6. The van der Waals surface area contributed by atoms with Gasteiger partial charge in [-0.25, -0.2) is 14.2 Å². The second kappa shape index (κ2) is 10.9. The van der Waals surface area contributed by atoms with Crippen molar-refractivity contribution in [3.8, 4) is 5.69 Å². The standard InChI is InChI=1S/C28H30BrN7O3/c1-18-5-7-21(8-6-18)36-25(32-27(37)22-16-31-35-17-20(29)15-30-26(22)35)14-23(33-36)19-9-11-34(12-10-19)28(38)24-4-2-3-13-39-24/h5-8,14-17,19,24H,2-4,9-13H2,1H3,(H,32,37). The number of piperidine rings is 1. The van der Waals surface area contributed by atoms with E-state index in [0.29, 0.717) is 36.7 Å². The number of amides is 2. The smallest absolute Gasteiger partial charge is 0.262 e. The lowest BCUT2D eigenvalue weighted by Gasteiger charge is -2.34. The molecule has 1 N–H and O–H groups in total.